The van der Waals surface area contributed by atoms with E-state index in [1.807, 2.05) is 0 Å². The van der Waals surface area contributed by atoms with Crippen LogP contribution in [-0.4, -0.2) is 68.8 Å². The van der Waals surface area contributed by atoms with Gasteiger partial charge in [-0.1, -0.05) is 18.2 Å². The van der Waals surface area contributed by atoms with Gasteiger partial charge in [0, 0.05) is 51.9 Å². The maximum absolute atomic E-state index is 5.58. The fourth-order valence-electron chi connectivity index (χ4n) is 4.26. The number of rotatable bonds is 4. The molecule has 1 N–H and O–H groups in total. The highest BCUT2D eigenvalue weighted by atomic mass is 16.5. The Morgan fingerprint density at radius 1 is 1.00 bits per heavy atom. The van der Waals surface area contributed by atoms with Crippen LogP contribution in [0.3, 0.4) is 0 Å². The number of hydrogen-bond acceptors (Lipinski definition) is 4. The third kappa shape index (κ3) is 3.61. The molecule has 0 radical (unpaired) electrons. The third-order valence-corrected chi connectivity index (χ3v) is 5.63. The summed E-state index contributed by atoms with van der Waals surface area (Å²) in [5.41, 5.74) is 4.70. The lowest BCUT2D eigenvalue weighted by molar-refractivity contribution is 0.00667. The Kier molecular flexibility index (Phi) is 4.95. The fourth-order valence-corrected chi connectivity index (χ4v) is 4.26. The van der Waals surface area contributed by atoms with Crippen molar-refractivity contribution in [1.29, 1.82) is 0 Å². The summed E-state index contributed by atoms with van der Waals surface area (Å²) in [4.78, 5) is 5.27. The molecule has 0 spiro atoms. The number of morpholine rings is 1. The van der Waals surface area contributed by atoms with Crippen molar-refractivity contribution in [2.24, 2.45) is 0 Å². The molecule has 2 fully saturated rings. The first-order valence-corrected chi connectivity index (χ1v) is 9.27. The first kappa shape index (κ1) is 15.6. The Morgan fingerprint density at radius 2 is 1.78 bits per heavy atom. The van der Waals surface area contributed by atoms with Gasteiger partial charge in [-0.05, 0) is 36.0 Å². The predicted octanol–water partition coefficient (Wildman–Crippen LogP) is 1.45. The maximum Gasteiger partial charge on any atom is 0.0594 e. The zero-order valence-electron chi connectivity index (χ0n) is 14.1. The first-order valence-electron chi connectivity index (χ1n) is 9.27. The summed E-state index contributed by atoms with van der Waals surface area (Å²) < 4.78 is 5.58. The van der Waals surface area contributed by atoms with E-state index in [2.05, 4.69) is 33.3 Å². The van der Waals surface area contributed by atoms with Crippen LogP contribution in [-0.2, 0) is 17.6 Å². The van der Waals surface area contributed by atoms with Gasteiger partial charge in [0.05, 0.1) is 13.2 Å². The van der Waals surface area contributed by atoms with Crippen LogP contribution >= 0.6 is 0 Å². The summed E-state index contributed by atoms with van der Waals surface area (Å²) in [6.45, 7) is 9.63. The lowest BCUT2D eigenvalue weighted by atomic mass is 9.99. The van der Waals surface area contributed by atoms with Gasteiger partial charge in [0.1, 0.15) is 0 Å². The van der Waals surface area contributed by atoms with Gasteiger partial charge in [-0.3, -0.25) is 9.80 Å². The largest absolute Gasteiger partial charge is 0.379 e. The lowest BCUT2D eigenvalue weighted by Crippen LogP contribution is -2.49. The molecule has 1 aromatic carbocycles. The number of aryl methyl sites for hydroxylation is 2. The van der Waals surface area contributed by atoms with Crippen LogP contribution in [0.25, 0.3) is 0 Å². The van der Waals surface area contributed by atoms with Crippen molar-refractivity contribution in [2.45, 2.75) is 25.3 Å². The molecule has 0 saturated carbocycles. The van der Waals surface area contributed by atoms with Crippen LogP contribution in [0.5, 0.6) is 0 Å². The summed E-state index contributed by atoms with van der Waals surface area (Å²) in [6.07, 6.45) is 3.88. The molecule has 1 unspecified atom stereocenters. The third-order valence-electron chi connectivity index (χ3n) is 5.63. The van der Waals surface area contributed by atoms with Crippen LogP contribution in [0.1, 0.15) is 29.2 Å². The van der Waals surface area contributed by atoms with Gasteiger partial charge in [0.15, 0.2) is 0 Å². The molecule has 4 heteroatoms. The van der Waals surface area contributed by atoms with E-state index in [0.717, 1.165) is 45.9 Å². The minimum absolute atomic E-state index is 0.517. The molecule has 1 aromatic rings. The van der Waals surface area contributed by atoms with Gasteiger partial charge in [-0.25, -0.2) is 0 Å². The van der Waals surface area contributed by atoms with E-state index in [1.165, 1.54) is 37.9 Å². The minimum Gasteiger partial charge on any atom is -0.379 e. The van der Waals surface area contributed by atoms with Gasteiger partial charge in [-0.15, -0.1) is 0 Å². The van der Waals surface area contributed by atoms with E-state index >= 15 is 0 Å². The van der Waals surface area contributed by atoms with Crippen molar-refractivity contribution in [1.82, 2.24) is 15.1 Å². The summed E-state index contributed by atoms with van der Waals surface area (Å²) in [5.74, 6) is 0. The highest BCUT2D eigenvalue weighted by Gasteiger charge is 2.26. The molecular formula is C19H29N3O. The van der Waals surface area contributed by atoms with Gasteiger partial charge in [0.2, 0.25) is 0 Å². The molecule has 0 aromatic heterocycles. The van der Waals surface area contributed by atoms with Crippen LogP contribution < -0.4 is 5.32 Å². The molecule has 0 bridgehead atoms. The predicted molar refractivity (Wildman–Crippen MR) is 92.9 cm³/mol. The normalized spacial score (nSPS) is 24.5. The zero-order chi connectivity index (χ0) is 15.5. The second-order valence-corrected chi connectivity index (χ2v) is 7.10. The van der Waals surface area contributed by atoms with E-state index in [4.69, 9.17) is 4.74 Å². The SMILES string of the molecule is c1cc2c(cc1C(CN1CCNCC1)N1CCOCC1)CCC2. The second-order valence-electron chi connectivity index (χ2n) is 7.10. The molecule has 3 aliphatic rings. The Bertz CT molecular complexity index is 521. The van der Waals surface area contributed by atoms with E-state index in [1.54, 1.807) is 11.1 Å². The van der Waals surface area contributed by atoms with Crippen molar-refractivity contribution in [2.75, 3.05) is 59.0 Å². The molecule has 2 saturated heterocycles. The standard InChI is InChI=1S/C19H29N3O/c1-2-16-4-5-18(14-17(16)3-1)19(22-10-12-23-13-11-22)15-21-8-6-20-7-9-21/h4-5,14,19-20H,1-3,6-13,15H2. The molecule has 2 heterocycles. The van der Waals surface area contributed by atoms with Crippen LogP contribution in [0.15, 0.2) is 18.2 Å². The highest BCUT2D eigenvalue weighted by molar-refractivity contribution is 5.36. The van der Waals surface area contributed by atoms with Crippen molar-refractivity contribution in [3.63, 3.8) is 0 Å². The zero-order valence-corrected chi connectivity index (χ0v) is 14.1. The van der Waals surface area contributed by atoms with Crippen LogP contribution in [0.4, 0.5) is 0 Å². The molecule has 4 nitrogen and oxygen atoms in total. The summed E-state index contributed by atoms with van der Waals surface area (Å²) >= 11 is 0. The Balaban J connectivity index is 1.55. The molecular weight excluding hydrogens is 286 g/mol. The minimum atomic E-state index is 0.517. The second kappa shape index (κ2) is 7.31. The van der Waals surface area contributed by atoms with Crippen molar-refractivity contribution in [3.8, 4) is 0 Å². The molecule has 126 valence electrons. The first-order chi connectivity index (χ1) is 11.4. The molecule has 4 rings (SSSR count). The van der Waals surface area contributed by atoms with E-state index in [0.29, 0.717) is 6.04 Å². The maximum atomic E-state index is 5.58. The number of fused-ring (bicyclic) bond motifs is 1. The van der Waals surface area contributed by atoms with Crippen LogP contribution in [0, 0.1) is 0 Å². The van der Waals surface area contributed by atoms with Crippen molar-refractivity contribution >= 4 is 0 Å². The van der Waals surface area contributed by atoms with E-state index in [9.17, 15) is 0 Å². The smallest absolute Gasteiger partial charge is 0.0594 e. The van der Waals surface area contributed by atoms with Gasteiger partial charge < -0.3 is 10.1 Å². The quantitative estimate of drug-likeness (QED) is 0.910. The van der Waals surface area contributed by atoms with Gasteiger partial charge >= 0.3 is 0 Å². The molecule has 23 heavy (non-hydrogen) atoms. The summed E-state index contributed by atoms with van der Waals surface area (Å²) in [5, 5.41) is 3.47. The number of ether oxygens (including phenoxy) is 1. The topological polar surface area (TPSA) is 27.7 Å². The number of benzene rings is 1. The average molecular weight is 315 g/mol. The monoisotopic (exact) mass is 315 g/mol. The summed E-state index contributed by atoms with van der Waals surface area (Å²) in [6, 6.07) is 7.81. The number of hydrogen-bond donors (Lipinski definition) is 1. The average Bonchev–Trinajstić information content (AvgIpc) is 3.09. The molecule has 1 aliphatic carbocycles. The molecule has 1 atom stereocenters. The number of nitrogens with zero attached hydrogens (tertiary/aromatic N) is 2. The number of piperazine rings is 1. The fraction of sp³-hybridized carbons (Fsp3) is 0.684. The Hall–Kier alpha value is -0.940. The Labute approximate surface area is 139 Å². The summed E-state index contributed by atoms with van der Waals surface area (Å²) in [7, 11) is 0. The van der Waals surface area contributed by atoms with Crippen LogP contribution in [0.2, 0.25) is 0 Å². The van der Waals surface area contributed by atoms with Gasteiger partial charge in [-0.2, -0.15) is 0 Å². The van der Waals surface area contributed by atoms with E-state index in [-0.39, 0.29) is 0 Å². The number of nitrogens with one attached hydrogen (secondary N) is 1. The molecule has 0 amide bonds. The van der Waals surface area contributed by atoms with E-state index < -0.39 is 0 Å². The van der Waals surface area contributed by atoms with Crippen molar-refractivity contribution in [3.05, 3.63) is 34.9 Å². The lowest BCUT2D eigenvalue weighted by Gasteiger charge is -2.39. The highest BCUT2D eigenvalue weighted by Crippen LogP contribution is 2.29. The molecule has 2 aliphatic heterocycles. The van der Waals surface area contributed by atoms with Crippen molar-refractivity contribution < 1.29 is 4.74 Å². The van der Waals surface area contributed by atoms with Gasteiger partial charge in [0.25, 0.3) is 0 Å². The Morgan fingerprint density at radius 3 is 2.61 bits per heavy atom.